The minimum Gasteiger partial charge on any atom is -0.486 e. The summed E-state index contributed by atoms with van der Waals surface area (Å²) >= 11 is 7.17. The number of hydrogen-bond acceptors (Lipinski definition) is 7. The minimum absolute atomic E-state index is 0.110. The quantitative estimate of drug-likeness (QED) is 0.523. The molecule has 8 nitrogen and oxygen atoms in total. The van der Waals surface area contributed by atoms with E-state index in [0.29, 0.717) is 45.8 Å². The Morgan fingerprint density at radius 3 is 2.47 bits per heavy atom. The van der Waals surface area contributed by atoms with Crippen molar-refractivity contribution in [1.29, 1.82) is 0 Å². The van der Waals surface area contributed by atoms with Gasteiger partial charge in [0.1, 0.15) is 25.5 Å². The Morgan fingerprint density at radius 2 is 1.81 bits per heavy atom. The Kier molecular flexibility index (Phi) is 6.12. The van der Waals surface area contributed by atoms with E-state index in [1.54, 1.807) is 48.7 Å². The molecule has 3 aromatic rings. The van der Waals surface area contributed by atoms with Crippen LogP contribution in [-0.2, 0) is 20.9 Å². The van der Waals surface area contributed by atoms with Crippen molar-refractivity contribution in [3.05, 3.63) is 46.2 Å². The highest BCUT2D eigenvalue weighted by atomic mass is 35.5. The molecule has 1 amide bonds. The van der Waals surface area contributed by atoms with E-state index < -0.39 is 17.5 Å². The number of methoxy groups -OCH3 is 1. The molecule has 1 aliphatic rings. The van der Waals surface area contributed by atoms with Gasteiger partial charge in [0.05, 0.1) is 17.3 Å². The summed E-state index contributed by atoms with van der Waals surface area (Å²) in [6, 6.07) is 10.3. The number of rotatable bonds is 5. The number of aromatic nitrogens is 1. The van der Waals surface area contributed by atoms with E-state index in [-0.39, 0.29) is 6.54 Å². The molecule has 4 rings (SSSR count). The fourth-order valence-corrected chi connectivity index (χ4v) is 4.26. The molecule has 10 heteroatoms. The molecule has 0 spiro atoms. The van der Waals surface area contributed by atoms with Crippen molar-refractivity contribution in [3.63, 3.8) is 0 Å². The SMILES string of the molecule is COC(=O)Cn1c(=NC(=O)C(C)(C)Oc2ccc(Cl)cc2)sc2cc3c(cc21)OCCO3. The van der Waals surface area contributed by atoms with Gasteiger partial charge in [-0.05, 0) is 38.1 Å². The maximum Gasteiger partial charge on any atom is 0.325 e. The van der Waals surface area contributed by atoms with Gasteiger partial charge < -0.3 is 23.5 Å². The largest absolute Gasteiger partial charge is 0.486 e. The number of nitrogens with zero attached hydrogens (tertiary/aromatic N) is 2. The summed E-state index contributed by atoms with van der Waals surface area (Å²) in [6.45, 7) is 4.04. The van der Waals surface area contributed by atoms with E-state index in [9.17, 15) is 9.59 Å². The van der Waals surface area contributed by atoms with Crippen LogP contribution in [0.4, 0.5) is 0 Å². The summed E-state index contributed by atoms with van der Waals surface area (Å²) < 4.78 is 24.4. The Balaban J connectivity index is 1.75. The topological polar surface area (TPSA) is 88.4 Å². The van der Waals surface area contributed by atoms with Gasteiger partial charge in [-0.1, -0.05) is 22.9 Å². The summed E-state index contributed by atoms with van der Waals surface area (Å²) in [7, 11) is 1.31. The van der Waals surface area contributed by atoms with Crippen molar-refractivity contribution in [2.45, 2.75) is 26.0 Å². The van der Waals surface area contributed by atoms with Crippen molar-refractivity contribution in [3.8, 4) is 17.2 Å². The van der Waals surface area contributed by atoms with Crippen LogP contribution in [0.3, 0.4) is 0 Å². The molecule has 2 aromatic carbocycles. The Bertz CT molecular complexity index is 1250. The van der Waals surface area contributed by atoms with Crippen LogP contribution in [0, 0.1) is 0 Å². The molecule has 1 aliphatic heterocycles. The second-order valence-electron chi connectivity index (χ2n) is 7.49. The van der Waals surface area contributed by atoms with Gasteiger partial charge in [0.25, 0.3) is 5.91 Å². The Labute approximate surface area is 192 Å². The molecule has 0 unspecified atom stereocenters. The number of carbonyl (C=O) groups is 2. The average Bonchev–Trinajstić information content (AvgIpc) is 3.09. The van der Waals surface area contributed by atoms with Crippen LogP contribution < -0.4 is 19.0 Å². The Morgan fingerprint density at radius 1 is 1.16 bits per heavy atom. The van der Waals surface area contributed by atoms with Gasteiger partial charge in [0.15, 0.2) is 21.9 Å². The van der Waals surface area contributed by atoms with Crippen LogP contribution in [0.2, 0.25) is 5.02 Å². The highest BCUT2D eigenvalue weighted by molar-refractivity contribution is 7.16. The number of esters is 1. The maximum absolute atomic E-state index is 13.1. The fourth-order valence-electron chi connectivity index (χ4n) is 3.10. The highest BCUT2D eigenvalue weighted by Crippen LogP contribution is 2.35. The molecule has 2 heterocycles. The maximum atomic E-state index is 13.1. The van der Waals surface area contributed by atoms with Gasteiger partial charge >= 0.3 is 5.97 Å². The summed E-state index contributed by atoms with van der Waals surface area (Å²) in [4.78, 5) is 29.8. The summed E-state index contributed by atoms with van der Waals surface area (Å²) in [5.74, 6) is 0.702. The van der Waals surface area contributed by atoms with Gasteiger partial charge in [-0.25, -0.2) is 0 Å². The van der Waals surface area contributed by atoms with Crippen LogP contribution >= 0.6 is 22.9 Å². The number of hydrogen-bond donors (Lipinski definition) is 0. The van der Waals surface area contributed by atoms with Crippen molar-refractivity contribution in [2.24, 2.45) is 4.99 Å². The molecular formula is C22H21ClN2O6S. The standard InChI is InChI=1S/C22H21ClN2O6S/c1-22(2,31-14-6-4-13(23)5-7-14)20(27)24-21-25(12-19(26)28-3)15-10-16-17(11-18(15)32-21)30-9-8-29-16/h4-7,10-11H,8-9,12H2,1-3H3. The normalized spacial score (nSPS) is 13.8. The second kappa shape index (κ2) is 8.84. The lowest BCUT2D eigenvalue weighted by Gasteiger charge is -2.22. The Hall–Kier alpha value is -3.04. The molecule has 0 saturated heterocycles. The number of thiazole rings is 1. The molecule has 1 aromatic heterocycles. The van der Waals surface area contributed by atoms with Crippen LogP contribution in [0.15, 0.2) is 41.4 Å². The van der Waals surface area contributed by atoms with E-state index >= 15 is 0 Å². The average molecular weight is 477 g/mol. The number of carbonyl (C=O) groups excluding carboxylic acids is 2. The third kappa shape index (κ3) is 4.58. The zero-order valence-corrected chi connectivity index (χ0v) is 19.3. The first-order valence-electron chi connectivity index (χ1n) is 9.80. The summed E-state index contributed by atoms with van der Waals surface area (Å²) in [6.07, 6.45) is 0. The minimum atomic E-state index is -1.25. The van der Waals surface area contributed by atoms with E-state index in [0.717, 1.165) is 4.70 Å². The monoisotopic (exact) mass is 476 g/mol. The zero-order valence-electron chi connectivity index (χ0n) is 17.7. The van der Waals surface area contributed by atoms with E-state index in [1.165, 1.54) is 18.4 Å². The molecule has 0 aliphatic carbocycles. The molecular weight excluding hydrogens is 456 g/mol. The van der Waals surface area contributed by atoms with Crippen molar-refractivity contribution in [2.75, 3.05) is 20.3 Å². The first-order chi connectivity index (χ1) is 15.3. The van der Waals surface area contributed by atoms with Crippen molar-refractivity contribution >= 4 is 45.0 Å². The molecule has 168 valence electrons. The molecule has 0 N–H and O–H groups in total. The summed E-state index contributed by atoms with van der Waals surface area (Å²) in [5.41, 5.74) is -0.564. The van der Waals surface area contributed by atoms with E-state index in [1.807, 2.05) is 6.07 Å². The van der Waals surface area contributed by atoms with E-state index in [4.69, 9.17) is 30.5 Å². The van der Waals surface area contributed by atoms with Gasteiger partial charge in [0.2, 0.25) is 0 Å². The molecule has 32 heavy (non-hydrogen) atoms. The van der Waals surface area contributed by atoms with Gasteiger partial charge in [-0.15, -0.1) is 0 Å². The molecule has 0 radical (unpaired) electrons. The lowest BCUT2D eigenvalue weighted by atomic mass is 10.1. The number of amides is 1. The van der Waals surface area contributed by atoms with Gasteiger partial charge in [0, 0.05) is 17.2 Å². The molecule has 0 atom stereocenters. The molecule has 0 fully saturated rings. The van der Waals surface area contributed by atoms with Gasteiger partial charge in [-0.3, -0.25) is 9.59 Å². The third-order valence-electron chi connectivity index (χ3n) is 4.76. The van der Waals surface area contributed by atoms with Crippen LogP contribution in [0.5, 0.6) is 17.2 Å². The molecule has 0 bridgehead atoms. The number of halogens is 1. The second-order valence-corrected chi connectivity index (χ2v) is 8.94. The number of fused-ring (bicyclic) bond motifs is 2. The van der Waals surface area contributed by atoms with Gasteiger partial charge in [-0.2, -0.15) is 4.99 Å². The third-order valence-corrected chi connectivity index (χ3v) is 6.05. The smallest absolute Gasteiger partial charge is 0.325 e. The van der Waals surface area contributed by atoms with Crippen LogP contribution in [0.1, 0.15) is 13.8 Å². The highest BCUT2D eigenvalue weighted by Gasteiger charge is 2.30. The van der Waals surface area contributed by atoms with Crippen molar-refractivity contribution in [1.82, 2.24) is 4.57 Å². The zero-order chi connectivity index (χ0) is 22.9. The lowest BCUT2D eigenvalue weighted by Crippen LogP contribution is -2.38. The number of benzene rings is 2. The lowest BCUT2D eigenvalue weighted by molar-refractivity contribution is -0.141. The van der Waals surface area contributed by atoms with Crippen LogP contribution in [-0.4, -0.2) is 42.4 Å². The first-order valence-corrected chi connectivity index (χ1v) is 11.0. The predicted octanol–water partition coefficient (Wildman–Crippen LogP) is 3.59. The first kappa shape index (κ1) is 22.2. The number of ether oxygens (including phenoxy) is 4. The predicted molar refractivity (Wildman–Crippen MR) is 120 cm³/mol. The molecule has 0 saturated carbocycles. The summed E-state index contributed by atoms with van der Waals surface area (Å²) in [5, 5.41) is 0.566. The fraction of sp³-hybridized carbons (Fsp3) is 0.318. The van der Waals surface area contributed by atoms with E-state index in [2.05, 4.69) is 4.99 Å². The van der Waals surface area contributed by atoms with Crippen LogP contribution in [0.25, 0.3) is 10.2 Å². The van der Waals surface area contributed by atoms with Crippen molar-refractivity contribution < 1.29 is 28.5 Å².